The third-order valence-corrected chi connectivity index (χ3v) is 2.91. The number of carbonyl (C=O) groups excluding carboxylic acids is 1. The van der Waals surface area contributed by atoms with Gasteiger partial charge in [-0.15, -0.1) is 0 Å². The molecule has 1 fully saturated rings. The maximum Gasteiger partial charge on any atom is 0.243 e. The predicted octanol–water partition coefficient (Wildman–Crippen LogP) is 2.26. The maximum atomic E-state index is 11.0. The third-order valence-electron chi connectivity index (χ3n) is 2.91. The van der Waals surface area contributed by atoms with Gasteiger partial charge in [0.1, 0.15) is 0 Å². The average molecular weight is 181 g/mol. The van der Waals surface area contributed by atoms with Crippen molar-refractivity contribution in [2.45, 2.75) is 45.1 Å². The highest BCUT2D eigenvalue weighted by Gasteiger charge is 2.20. The smallest absolute Gasteiger partial charge is 0.243 e. The fourth-order valence-electron chi connectivity index (χ4n) is 2.04. The molecule has 0 radical (unpaired) electrons. The van der Waals surface area contributed by atoms with Gasteiger partial charge in [0, 0.05) is 6.04 Å². The summed E-state index contributed by atoms with van der Waals surface area (Å²) in [4.78, 5) is 11.0. The van der Waals surface area contributed by atoms with Crippen molar-refractivity contribution in [2.75, 3.05) is 0 Å². The molecular formula is C11H19NO. The summed E-state index contributed by atoms with van der Waals surface area (Å²) in [7, 11) is 0. The third kappa shape index (κ3) is 3.21. The van der Waals surface area contributed by atoms with Crippen LogP contribution in [0.1, 0.15) is 39.0 Å². The highest BCUT2D eigenvalue weighted by Crippen LogP contribution is 2.26. The number of hydrogen-bond acceptors (Lipinski definition) is 1. The number of amides is 1. The van der Waals surface area contributed by atoms with Gasteiger partial charge < -0.3 is 5.32 Å². The molecule has 0 aromatic carbocycles. The minimum absolute atomic E-state index is 0.0435. The van der Waals surface area contributed by atoms with Crippen LogP contribution in [0.5, 0.6) is 0 Å². The van der Waals surface area contributed by atoms with E-state index in [0.717, 1.165) is 0 Å². The Kier molecular flexibility index (Phi) is 4.00. The summed E-state index contributed by atoms with van der Waals surface area (Å²) in [5.74, 6) is 0.635. The van der Waals surface area contributed by atoms with E-state index < -0.39 is 0 Å². The van der Waals surface area contributed by atoms with E-state index in [2.05, 4.69) is 18.8 Å². The van der Waals surface area contributed by atoms with E-state index in [1.165, 1.54) is 38.2 Å². The maximum absolute atomic E-state index is 11.0. The Morgan fingerprint density at radius 1 is 1.46 bits per heavy atom. The van der Waals surface area contributed by atoms with Gasteiger partial charge in [-0.25, -0.2) is 0 Å². The molecule has 0 saturated heterocycles. The lowest BCUT2D eigenvalue weighted by Crippen LogP contribution is -2.37. The Bertz CT molecular complexity index is 183. The van der Waals surface area contributed by atoms with Crippen LogP contribution in [0.2, 0.25) is 0 Å². The van der Waals surface area contributed by atoms with Crippen LogP contribution in [0.15, 0.2) is 12.7 Å². The molecule has 0 unspecified atom stereocenters. The fraction of sp³-hybridized carbons (Fsp3) is 0.727. The monoisotopic (exact) mass is 181 g/mol. The van der Waals surface area contributed by atoms with Crippen molar-refractivity contribution in [2.24, 2.45) is 5.92 Å². The van der Waals surface area contributed by atoms with Gasteiger partial charge in [0.05, 0.1) is 0 Å². The molecule has 0 bridgehead atoms. The van der Waals surface area contributed by atoms with Gasteiger partial charge in [0.25, 0.3) is 0 Å². The first-order chi connectivity index (χ1) is 6.24. The summed E-state index contributed by atoms with van der Waals surface area (Å²) >= 11 is 0. The molecule has 1 aliphatic carbocycles. The quantitative estimate of drug-likeness (QED) is 0.665. The molecule has 0 heterocycles. The lowest BCUT2D eigenvalue weighted by atomic mass is 9.84. The topological polar surface area (TPSA) is 29.1 Å². The van der Waals surface area contributed by atoms with Crippen molar-refractivity contribution in [1.29, 1.82) is 0 Å². The second-order valence-electron chi connectivity index (χ2n) is 3.90. The molecule has 0 aliphatic heterocycles. The van der Waals surface area contributed by atoms with E-state index in [1.54, 1.807) is 0 Å². The zero-order chi connectivity index (χ0) is 9.68. The zero-order valence-electron chi connectivity index (χ0n) is 8.38. The van der Waals surface area contributed by atoms with Crippen LogP contribution in [0.4, 0.5) is 0 Å². The largest absolute Gasteiger partial charge is 0.350 e. The molecule has 1 rings (SSSR count). The summed E-state index contributed by atoms with van der Waals surface area (Å²) in [5, 5.41) is 2.94. The van der Waals surface area contributed by atoms with Crippen molar-refractivity contribution in [3.05, 3.63) is 12.7 Å². The molecule has 13 heavy (non-hydrogen) atoms. The van der Waals surface area contributed by atoms with E-state index in [9.17, 15) is 4.79 Å². The van der Waals surface area contributed by atoms with E-state index in [4.69, 9.17) is 0 Å². The molecule has 1 saturated carbocycles. The average Bonchev–Trinajstić information content (AvgIpc) is 2.19. The zero-order valence-corrected chi connectivity index (χ0v) is 8.38. The van der Waals surface area contributed by atoms with Crippen molar-refractivity contribution in [1.82, 2.24) is 5.32 Å². The number of nitrogens with one attached hydrogen (secondary N) is 1. The van der Waals surface area contributed by atoms with Gasteiger partial charge in [0.2, 0.25) is 5.91 Å². The van der Waals surface area contributed by atoms with Crippen LogP contribution in [0.25, 0.3) is 0 Å². The van der Waals surface area contributed by atoms with E-state index in [0.29, 0.717) is 12.0 Å². The molecule has 0 aromatic heterocycles. The van der Waals surface area contributed by atoms with Gasteiger partial charge in [-0.2, -0.15) is 0 Å². The highest BCUT2D eigenvalue weighted by atomic mass is 16.1. The van der Waals surface area contributed by atoms with E-state index in [1.807, 2.05) is 0 Å². The minimum Gasteiger partial charge on any atom is -0.350 e. The van der Waals surface area contributed by atoms with Gasteiger partial charge in [-0.05, 0) is 31.8 Å². The number of hydrogen-bond donors (Lipinski definition) is 1. The van der Waals surface area contributed by atoms with E-state index >= 15 is 0 Å². The molecule has 2 nitrogen and oxygen atoms in total. The molecule has 74 valence electrons. The minimum atomic E-state index is -0.0435. The van der Waals surface area contributed by atoms with Crippen LogP contribution in [-0.4, -0.2) is 11.9 Å². The molecule has 1 N–H and O–H groups in total. The second kappa shape index (κ2) is 5.05. The number of carbonyl (C=O) groups is 1. The molecular weight excluding hydrogens is 162 g/mol. The summed E-state index contributed by atoms with van der Waals surface area (Å²) in [5.41, 5.74) is 0. The molecule has 1 aliphatic rings. The molecule has 1 amide bonds. The Balaban J connectivity index is 2.32. The van der Waals surface area contributed by atoms with Crippen molar-refractivity contribution >= 4 is 5.91 Å². The van der Waals surface area contributed by atoms with Gasteiger partial charge in [-0.1, -0.05) is 25.8 Å². The van der Waals surface area contributed by atoms with Gasteiger partial charge >= 0.3 is 0 Å². The Morgan fingerprint density at radius 3 is 2.62 bits per heavy atom. The highest BCUT2D eigenvalue weighted by molar-refractivity contribution is 5.87. The molecule has 0 spiro atoms. The predicted molar refractivity (Wildman–Crippen MR) is 54.4 cm³/mol. The van der Waals surface area contributed by atoms with Gasteiger partial charge in [-0.3, -0.25) is 4.79 Å². The lowest BCUT2D eigenvalue weighted by molar-refractivity contribution is -0.117. The van der Waals surface area contributed by atoms with Crippen LogP contribution in [-0.2, 0) is 4.79 Å². The first kappa shape index (κ1) is 10.3. The van der Waals surface area contributed by atoms with Crippen LogP contribution >= 0.6 is 0 Å². The van der Waals surface area contributed by atoms with Crippen molar-refractivity contribution in [3.63, 3.8) is 0 Å². The Morgan fingerprint density at radius 2 is 2.08 bits per heavy atom. The summed E-state index contributed by atoms with van der Waals surface area (Å²) in [6.07, 6.45) is 7.87. The SMILES string of the molecule is C=CC(=O)N[C@H](C)C1CCCCC1. The molecule has 1 atom stereocenters. The summed E-state index contributed by atoms with van der Waals surface area (Å²) in [6.45, 7) is 5.54. The fourth-order valence-corrected chi connectivity index (χ4v) is 2.04. The standard InChI is InChI=1S/C11H19NO/c1-3-11(13)12-9(2)10-7-5-4-6-8-10/h3,9-10H,1,4-8H2,2H3,(H,12,13)/t9-/m1/s1. The molecule has 0 aromatic rings. The second-order valence-corrected chi connectivity index (χ2v) is 3.90. The number of rotatable bonds is 3. The molecule has 2 heteroatoms. The van der Waals surface area contributed by atoms with Crippen LogP contribution in [0.3, 0.4) is 0 Å². The normalized spacial score (nSPS) is 20.7. The first-order valence-corrected chi connectivity index (χ1v) is 5.17. The first-order valence-electron chi connectivity index (χ1n) is 5.17. The van der Waals surface area contributed by atoms with Gasteiger partial charge in [0.15, 0.2) is 0 Å². The van der Waals surface area contributed by atoms with Crippen LogP contribution in [0, 0.1) is 5.92 Å². The van der Waals surface area contributed by atoms with Crippen molar-refractivity contribution < 1.29 is 4.79 Å². The Hall–Kier alpha value is -0.790. The van der Waals surface area contributed by atoms with E-state index in [-0.39, 0.29) is 5.91 Å². The summed E-state index contributed by atoms with van der Waals surface area (Å²) < 4.78 is 0. The summed E-state index contributed by atoms with van der Waals surface area (Å²) in [6, 6.07) is 0.311. The van der Waals surface area contributed by atoms with Crippen LogP contribution < -0.4 is 5.32 Å². The van der Waals surface area contributed by atoms with Crippen molar-refractivity contribution in [3.8, 4) is 0 Å². The Labute approximate surface area is 80.4 Å². The lowest BCUT2D eigenvalue weighted by Gasteiger charge is -2.27.